The van der Waals surface area contributed by atoms with Crippen molar-refractivity contribution >= 4 is 11.9 Å². The molecule has 48 heavy (non-hydrogen) atoms. The van der Waals surface area contributed by atoms with Crippen molar-refractivity contribution in [3.8, 4) is 0 Å². The van der Waals surface area contributed by atoms with Crippen LogP contribution in [0.3, 0.4) is 0 Å². The number of likely N-dealkylation sites (N-methyl/N-ethyl adjacent to an activating group) is 1. The van der Waals surface area contributed by atoms with Crippen molar-refractivity contribution in [3.63, 3.8) is 0 Å². The second-order valence-electron chi connectivity index (χ2n) is 18.7. The number of fused-ring (bicyclic) bond motifs is 3. The fraction of sp³-hybridized carbons (Fsp3) is 0.895. The monoisotopic (exact) mass is 668 g/mol. The van der Waals surface area contributed by atoms with Crippen molar-refractivity contribution < 1.29 is 19.4 Å². The molecule has 0 unspecified atom stereocenters. The van der Waals surface area contributed by atoms with E-state index in [9.17, 15) is 9.90 Å². The van der Waals surface area contributed by atoms with Gasteiger partial charge in [-0.05, 0) is 109 Å². The Bertz CT molecular complexity index is 1430. The summed E-state index contributed by atoms with van der Waals surface area (Å²) >= 11 is 0. The van der Waals surface area contributed by atoms with E-state index < -0.39 is 17.3 Å². The Morgan fingerprint density at radius 3 is 2.44 bits per heavy atom. The molecule has 1 saturated heterocycles. The minimum atomic E-state index is -0.635. The molecule has 2 bridgehead atoms. The van der Waals surface area contributed by atoms with Crippen LogP contribution in [0, 0.1) is 62.6 Å². The Labute approximate surface area is 288 Å². The Morgan fingerprint density at radius 2 is 1.85 bits per heavy atom. The van der Waals surface area contributed by atoms with Gasteiger partial charge in [0.15, 0.2) is 0 Å². The standard InChI is InChI=1S/C38H64N6O4/c1-22(2)24(5)34(7)16-17-35(8)25-12-13-28-33(6)18-27(44-42-32(39)41-43-44)30(48-20-37(10,40-11)23(3)4)38(28,21-47-19-33)26(25)14-15-36(35,9)29(34)31(45)46/h14,22-25,27-30,40H,12-13,15-21H2,1-11H3,(H2,39,42)(H,45,46)/t24-,25+,27-,28-,29-,30+,33-,34-,35-,36+,37+,38+/m1/s1. The van der Waals surface area contributed by atoms with Crippen LogP contribution in [-0.2, 0) is 14.3 Å². The molecule has 1 aromatic heterocycles. The number of rotatable bonds is 9. The first-order valence-corrected chi connectivity index (χ1v) is 18.7. The van der Waals surface area contributed by atoms with Gasteiger partial charge in [-0.15, -0.1) is 5.10 Å². The second-order valence-corrected chi connectivity index (χ2v) is 18.7. The second kappa shape index (κ2) is 11.8. The molecule has 0 aromatic carbocycles. The zero-order chi connectivity index (χ0) is 35.2. The molecule has 10 nitrogen and oxygen atoms in total. The number of carboxylic acid groups (broad SMARTS) is 1. The minimum absolute atomic E-state index is 0.107. The summed E-state index contributed by atoms with van der Waals surface area (Å²) in [6.45, 7) is 24.7. The van der Waals surface area contributed by atoms with E-state index in [0.29, 0.717) is 43.5 Å². The fourth-order valence-electron chi connectivity index (χ4n) is 12.2. The summed E-state index contributed by atoms with van der Waals surface area (Å²) in [6, 6.07) is -0.165. The lowest BCUT2D eigenvalue weighted by molar-refractivity contribution is -0.256. The van der Waals surface area contributed by atoms with Crippen LogP contribution in [-0.4, -0.2) is 69.8 Å². The van der Waals surface area contributed by atoms with Gasteiger partial charge in [0.05, 0.1) is 31.8 Å². The van der Waals surface area contributed by atoms with Crippen molar-refractivity contribution in [1.29, 1.82) is 0 Å². The highest BCUT2D eigenvalue weighted by Gasteiger charge is 2.73. The number of ether oxygens (including phenoxy) is 2. The SMILES string of the molecule is CN[C@@](C)(CO[C@H]1[C@H](n2nnc(N)n2)C[C@]2(C)COC[C@@]13C1=CC[C@@]4(C)[C@H](C(=O)O)[C@@](C)([C@H](C)C(C)C)CC[C@]4(C)[C@H]1CC[C@H]23)C(C)C. The summed E-state index contributed by atoms with van der Waals surface area (Å²) < 4.78 is 14.0. The lowest BCUT2D eigenvalue weighted by Crippen LogP contribution is -2.70. The van der Waals surface area contributed by atoms with Gasteiger partial charge in [0.1, 0.15) is 6.04 Å². The average Bonchev–Trinajstić information content (AvgIpc) is 3.45. The number of allylic oxidation sites excluding steroid dienone is 1. The van der Waals surface area contributed by atoms with E-state index in [2.05, 4.69) is 96.0 Å². The van der Waals surface area contributed by atoms with Gasteiger partial charge < -0.3 is 25.6 Å². The number of aliphatic carboxylic acids is 1. The van der Waals surface area contributed by atoms with E-state index in [1.54, 1.807) is 4.80 Å². The number of nitrogens with one attached hydrogen (secondary N) is 1. The van der Waals surface area contributed by atoms with Gasteiger partial charge in [0.25, 0.3) is 5.95 Å². The molecule has 0 amide bonds. The normalized spacial score (nSPS) is 44.3. The highest BCUT2D eigenvalue weighted by atomic mass is 16.5. The highest BCUT2D eigenvalue weighted by molar-refractivity contribution is 5.73. The molecule has 6 rings (SSSR count). The van der Waals surface area contributed by atoms with Gasteiger partial charge in [0.2, 0.25) is 0 Å². The maximum atomic E-state index is 13.5. The largest absolute Gasteiger partial charge is 0.481 e. The van der Waals surface area contributed by atoms with Crippen LogP contribution in [0.1, 0.15) is 114 Å². The third-order valence-electron chi connectivity index (χ3n) is 16.2. The minimum Gasteiger partial charge on any atom is -0.481 e. The number of hydrogen-bond donors (Lipinski definition) is 3. The number of carbonyl (C=O) groups is 1. The van der Waals surface area contributed by atoms with Gasteiger partial charge in [-0.25, -0.2) is 0 Å². The zero-order valence-electron chi connectivity index (χ0n) is 31.6. The zero-order valence-corrected chi connectivity index (χ0v) is 31.6. The van der Waals surface area contributed by atoms with E-state index in [1.165, 1.54) is 5.57 Å². The molecule has 4 N–H and O–H groups in total. The third kappa shape index (κ3) is 4.80. The molecule has 0 radical (unpaired) electrons. The summed E-state index contributed by atoms with van der Waals surface area (Å²) in [6.07, 6.45) is 7.85. The predicted octanol–water partition coefficient (Wildman–Crippen LogP) is 6.40. The maximum Gasteiger partial charge on any atom is 0.307 e. The molecule has 3 saturated carbocycles. The molecule has 0 spiro atoms. The number of carboxylic acids is 1. The Morgan fingerprint density at radius 1 is 1.15 bits per heavy atom. The smallest absolute Gasteiger partial charge is 0.307 e. The van der Waals surface area contributed by atoms with Crippen molar-refractivity contribution in [1.82, 2.24) is 25.5 Å². The number of anilines is 1. The topological polar surface area (TPSA) is 137 Å². The first kappa shape index (κ1) is 35.8. The molecule has 12 atom stereocenters. The van der Waals surface area contributed by atoms with Crippen molar-refractivity contribution in [2.24, 2.45) is 62.6 Å². The molecule has 5 aliphatic rings. The predicted molar refractivity (Wildman–Crippen MR) is 187 cm³/mol. The molecule has 4 fully saturated rings. The molecular formula is C38H64N6O4. The summed E-state index contributed by atoms with van der Waals surface area (Å²) in [5.74, 6) is 0.758. The lowest BCUT2D eigenvalue weighted by atomic mass is 9.34. The fourth-order valence-corrected chi connectivity index (χ4v) is 12.2. The molecular weight excluding hydrogens is 604 g/mol. The van der Waals surface area contributed by atoms with Gasteiger partial charge >= 0.3 is 5.97 Å². The molecule has 2 heterocycles. The highest BCUT2D eigenvalue weighted by Crippen LogP contribution is 2.75. The molecule has 4 aliphatic carbocycles. The molecule has 1 aliphatic heterocycles. The van der Waals surface area contributed by atoms with E-state index >= 15 is 0 Å². The lowest BCUT2D eigenvalue weighted by Gasteiger charge is -2.71. The van der Waals surface area contributed by atoms with Gasteiger partial charge in [0, 0.05) is 11.0 Å². The molecule has 270 valence electrons. The van der Waals surface area contributed by atoms with Crippen LogP contribution in [0.5, 0.6) is 0 Å². The summed E-state index contributed by atoms with van der Waals surface area (Å²) in [4.78, 5) is 15.2. The Balaban J connectivity index is 1.51. The Hall–Kier alpha value is -2.04. The number of nitrogens with zero attached hydrogens (tertiary/aromatic N) is 4. The first-order valence-electron chi connectivity index (χ1n) is 18.7. The first-order chi connectivity index (χ1) is 22.3. The van der Waals surface area contributed by atoms with E-state index in [4.69, 9.17) is 15.2 Å². The number of aromatic nitrogens is 4. The van der Waals surface area contributed by atoms with Crippen molar-refractivity contribution in [2.45, 2.75) is 125 Å². The number of nitrogens with two attached hydrogens (primary N) is 1. The van der Waals surface area contributed by atoms with Gasteiger partial charge in [-0.1, -0.05) is 79.1 Å². The van der Waals surface area contributed by atoms with Crippen LogP contribution in [0.2, 0.25) is 0 Å². The molecule has 10 heteroatoms. The van der Waals surface area contributed by atoms with Crippen LogP contribution < -0.4 is 11.1 Å². The van der Waals surface area contributed by atoms with Crippen LogP contribution >= 0.6 is 0 Å². The van der Waals surface area contributed by atoms with E-state index in [0.717, 1.165) is 38.5 Å². The number of tetrazole rings is 1. The van der Waals surface area contributed by atoms with Crippen LogP contribution in [0.4, 0.5) is 5.95 Å². The van der Waals surface area contributed by atoms with Crippen molar-refractivity contribution in [2.75, 3.05) is 32.6 Å². The van der Waals surface area contributed by atoms with Crippen LogP contribution in [0.25, 0.3) is 0 Å². The maximum absolute atomic E-state index is 13.5. The van der Waals surface area contributed by atoms with E-state index in [1.807, 2.05) is 7.05 Å². The number of hydrogen-bond acceptors (Lipinski definition) is 8. The average molecular weight is 669 g/mol. The van der Waals surface area contributed by atoms with Gasteiger partial charge in [-0.2, -0.15) is 4.80 Å². The summed E-state index contributed by atoms with van der Waals surface area (Å²) in [7, 11) is 2.01. The number of nitrogen functional groups attached to an aromatic ring is 1. The Kier molecular flexibility index (Phi) is 8.76. The summed E-state index contributed by atoms with van der Waals surface area (Å²) in [5.41, 5.74) is 5.92. The van der Waals surface area contributed by atoms with E-state index in [-0.39, 0.29) is 51.2 Å². The van der Waals surface area contributed by atoms with Crippen molar-refractivity contribution in [3.05, 3.63) is 11.6 Å². The quantitative estimate of drug-likeness (QED) is 0.255. The third-order valence-corrected chi connectivity index (χ3v) is 16.2. The van der Waals surface area contributed by atoms with Crippen LogP contribution in [0.15, 0.2) is 11.6 Å². The van der Waals surface area contributed by atoms with Gasteiger partial charge in [-0.3, -0.25) is 4.79 Å². The molecule has 1 aromatic rings. The summed E-state index contributed by atoms with van der Waals surface area (Å²) in [5, 5.41) is 27.8.